The molecule has 0 radical (unpaired) electrons. The molecular weight excluding hydrogens is 256 g/mol. The Bertz CT molecular complexity index is 472. The first-order chi connectivity index (χ1) is 9.43. The van der Waals surface area contributed by atoms with E-state index in [1.54, 1.807) is 18.2 Å². The Hall–Kier alpha value is -1.88. The number of aliphatic carboxylic acids is 1. The maximum absolute atomic E-state index is 12.1. The number of carbonyl (C=O) groups excluding carboxylic acids is 1. The summed E-state index contributed by atoms with van der Waals surface area (Å²) in [4.78, 5) is 22.6. The highest BCUT2D eigenvalue weighted by Gasteiger charge is 2.20. The lowest BCUT2D eigenvalue weighted by atomic mass is 9.95. The zero-order valence-electron chi connectivity index (χ0n) is 11.9. The number of carbonyl (C=O) groups is 2. The lowest BCUT2D eigenvalue weighted by Crippen LogP contribution is -2.33. The van der Waals surface area contributed by atoms with Gasteiger partial charge in [-0.2, -0.15) is 0 Å². The number of carboxylic acids is 1. The molecule has 0 aliphatic heterocycles. The van der Waals surface area contributed by atoms with Crippen molar-refractivity contribution in [1.29, 1.82) is 0 Å². The van der Waals surface area contributed by atoms with Gasteiger partial charge in [-0.15, -0.1) is 0 Å². The number of hydrogen-bond acceptors (Lipinski definition) is 3. The lowest BCUT2D eigenvalue weighted by Gasteiger charge is -2.18. The van der Waals surface area contributed by atoms with Crippen LogP contribution in [0.1, 0.15) is 25.8 Å². The highest BCUT2D eigenvalue weighted by molar-refractivity contribution is 5.92. The van der Waals surface area contributed by atoms with Crippen LogP contribution in [0.3, 0.4) is 0 Å². The molecule has 5 nitrogen and oxygen atoms in total. The Morgan fingerprint density at radius 2 is 2.05 bits per heavy atom. The Kier molecular flexibility index (Phi) is 6.18. The summed E-state index contributed by atoms with van der Waals surface area (Å²) in [5.74, 6) is -0.979. The van der Waals surface area contributed by atoms with Gasteiger partial charge >= 0.3 is 5.97 Å². The van der Waals surface area contributed by atoms with Crippen molar-refractivity contribution in [2.75, 3.05) is 11.9 Å². The van der Waals surface area contributed by atoms with Gasteiger partial charge in [0.1, 0.15) is 0 Å². The van der Waals surface area contributed by atoms with Crippen LogP contribution >= 0.6 is 0 Å². The molecule has 1 unspecified atom stereocenters. The summed E-state index contributed by atoms with van der Waals surface area (Å²) < 4.78 is 0. The van der Waals surface area contributed by atoms with Crippen molar-refractivity contribution >= 4 is 17.6 Å². The number of benzene rings is 1. The van der Waals surface area contributed by atoms with Crippen molar-refractivity contribution in [3.63, 3.8) is 0 Å². The maximum Gasteiger partial charge on any atom is 0.303 e. The van der Waals surface area contributed by atoms with E-state index in [9.17, 15) is 9.59 Å². The second-order valence-electron chi connectivity index (χ2n) is 5.17. The third-order valence-corrected chi connectivity index (χ3v) is 3.22. The van der Waals surface area contributed by atoms with Crippen molar-refractivity contribution in [2.24, 2.45) is 17.6 Å². The van der Waals surface area contributed by atoms with Crippen LogP contribution in [-0.4, -0.2) is 23.5 Å². The quantitative estimate of drug-likeness (QED) is 0.710. The van der Waals surface area contributed by atoms with Crippen LogP contribution < -0.4 is 11.1 Å². The molecule has 1 atom stereocenters. The molecule has 1 aromatic rings. The first kappa shape index (κ1) is 16.2. The number of amides is 1. The van der Waals surface area contributed by atoms with Gasteiger partial charge in [-0.25, -0.2) is 0 Å². The standard InChI is InChI=1S/C15H22N2O3/c1-10(2)13(9-16)15(20)17-12-5-3-4-11(8-12)6-7-14(18)19/h3-5,8,10,13H,6-7,9,16H2,1-2H3,(H,17,20)(H,18,19). The van der Waals surface area contributed by atoms with Gasteiger partial charge in [0.15, 0.2) is 0 Å². The minimum Gasteiger partial charge on any atom is -0.481 e. The van der Waals surface area contributed by atoms with E-state index in [1.807, 2.05) is 19.9 Å². The van der Waals surface area contributed by atoms with E-state index in [1.165, 1.54) is 0 Å². The Morgan fingerprint density at radius 3 is 2.60 bits per heavy atom. The number of nitrogens with two attached hydrogens (primary N) is 1. The van der Waals surface area contributed by atoms with E-state index in [0.29, 0.717) is 18.7 Å². The molecule has 5 heteroatoms. The molecule has 0 bridgehead atoms. The van der Waals surface area contributed by atoms with Crippen LogP contribution in [0.25, 0.3) is 0 Å². The third-order valence-electron chi connectivity index (χ3n) is 3.22. The fourth-order valence-electron chi connectivity index (χ4n) is 1.97. The van der Waals surface area contributed by atoms with Crippen LogP contribution in [0.15, 0.2) is 24.3 Å². The summed E-state index contributed by atoms with van der Waals surface area (Å²) in [5, 5.41) is 11.5. The van der Waals surface area contributed by atoms with Gasteiger partial charge in [-0.3, -0.25) is 9.59 Å². The van der Waals surface area contributed by atoms with Gasteiger partial charge in [0.05, 0.1) is 5.92 Å². The highest BCUT2D eigenvalue weighted by atomic mass is 16.4. The Labute approximate surface area is 119 Å². The van der Waals surface area contributed by atoms with E-state index in [-0.39, 0.29) is 24.2 Å². The third kappa shape index (κ3) is 5.01. The van der Waals surface area contributed by atoms with Crippen LogP contribution in [0.5, 0.6) is 0 Å². The van der Waals surface area contributed by atoms with Gasteiger partial charge in [0, 0.05) is 18.7 Å². The zero-order valence-corrected chi connectivity index (χ0v) is 11.9. The summed E-state index contributed by atoms with van der Waals surface area (Å²) in [7, 11) is 0. The number of carboxylic acid groups (broad SMARTS) is 1. The first-order valence-electron chi connectivity index (χ1n) is 6.75. The van der Waals surface area contributed by atoms with E-state index >= 15 is 0 Å². The first-order valence-corrected chi connectivity index (χ1v) is 6.75. The second kappa shape index (κ2) is 7.65. The molecule has 4 N–H and O–H groups in total. The predicted molar refractivity (Wildman–Crippen MR) is 78.4 cm³/mol. The van der Waals surface area contributed by atoms with Gasteiger partial charge in [0.25, 0.3) is 0 Å². The minimum absolute atomic E-state index is 0.0782. The van der Waals surface area contributed by atoms with Gasteiger partial charge in [-0.1, -0.05) is 26.0 Å². The molecule has 0 fully saturated rings. The molecule has 0 spiro atoms. The lowest BCUT2D eigenvalue weighted by molar-refractivity contribution is -0.137. The van der Waals surface area contributed by atoms with Crippen molar-refractivity contribution in [3.8, 4) is 0 Å². The van der Waals surface area contributed by atoms with Crippen molar-refractivity contribution in [2.45, 2.75) is 26.7 Å². The van der Waals surface area contributed by atoms with E-state index in [4.69, 9.17) is 10.8 Å². The largest absolute Gasteiger partial charge is 0.481 e. The van der Waals surface area contributed by atoms with Crippen molar-refractivity contribution < 1.29 is 14.7 Å². The van der Waals surface area contributed by atoms with Crippen LogP contribution in [-0.2, 0) is 16.0 Å². The molecular formula is C15H22N2O3. The van der Waals surface area contributed by atoms with Crippen LogP contribution in [0, 0.1) is 11.8 Å². The van der Waals surface area contributed by atoms with Gasteiger partial charge in [-0.05, 0) is 30.0 Å². The zero-order chi connectivity index (χ0) is 15.1. The van der Waals surface area contributed by atoms with Gasteiger partial charge < -0.3 is 16.2 Å². The molecule has 1 aromatic carbocycles. The normalized spacial score (nSPS) is 12.2. The molecule has 0 aliphatic carbocycles. The monoisotopic (exact) mass is 278 g/mol. The SMILES string of the molecule is CC(C)C(CN)C(=O)Nc1cccc(CCC(=O)O)c1. The summed E-state index contributed by atoms with van der Waals surface area (Å²) in [6, 6.07) is 7.24. The summed E-state index contributed by atoms with van der Waals surface area (Å²) >= 11 is 0. The average molecular weight is 278 g/mol. The molecule has 0 saturated carbocycles. The van der Waals surface area contributed by atoms with E-state index in [2.05, 4.69) is 5.32 Å². The highest BCUT2D eigenvalue weighted by Crippen LogP contribution is 2.16. The predicted octanol–water partition coefficient (Wildman–Crippen LogP) is 1.87. The van der Waals surface area contributed by atoms with Gasteiger partial charge in [0.2, 0.25) is 5.91 Å². The Balaban J connectivity index is 2.70. The van der Waals surface area contributed by atoms with Crippen molar-refractivity contribution in [1.82, 2.24) is 0 Å². The van der Waals surface area contributed by atoms with Crippen LogP contribution in [0.2, 0.25) is 0 Å². The smallest absolute Gasteiger partial charge is 0.303 e. The topological polar surface area (TPSA) is 92.4 Å². The van der Waals surface area contributed by atoms with E-state index < -0.39 is 5.97 Å². The summed E-state index contributed by atoms with van der Waals surface area (Å²) in [6.45, 7) is 4.23. The minimum atomic E-state index is -0.831. The second-order valence-corrected chi connectivity index (χ2v) is 5.17. The molecule has 0 aliphatic rings. The molecule has 0 heterocycles. The summed E-state index contributed by atoms with van der Waals surface area (Å²) in [6.07, 6.45) is 0.526. The number of anilines is 1. The molecule has 0 saturated heterocycles. The van der Waals surface area contributed by atoms with Crippen LogP contribution in [0.4, 0.5) is 5.69 Å². The number of nitrogens with one attached hydrogen (secondary N) is 1. The number of hydrogen-bond donors (Lipinski definition) is 3. The Morgan fingerprint density at radius 1 is 1.35 bits per heavy atom. The summed E-state index contributed by atoms with van der Waals surface area (Å²) in [5.41, 5.74) is 7.18. The number of aryl methyl sites for hydroxylation is 1. The fraction of sp³-hybridized carbons (Fsp3) is 0.467. The molecule has 110 valence electrons. The van der Waals surface area contributed by atoms with Crippen molar-refractivity contribution in [3.05, 3.63) is 29.8 Å². The maximum atomic E-state index is 12.1. The fourth-order valence-corrected chi connectivity index (χ4v) is 1.97. The molecule has 0 aromatic heterocycles. The molecule has 1 rings (SSSR count). The molecule has 1 amide bonds. The number of rotatable bonds is 7. The molecule has 20 heavy (non-hydrogen) atoms. The van der Waals surface area contributed by atoms with E-state index in [0.717, 1.165) is 5.56 Å². The average Bonchev–Trinajstić information content (AvgIpc) is 2.37.